The van der Waals surface area contributed by atoms with E-state index in [9.17, 15) is 9.59 Å². The van der Waals surface area contributed by atoms with Gasteiger partial charge in [0.15, 0.2) is 10.9 Å². The van der Waals surface area contributed by atoms with E-state index < -0.39 is 11.2 Å². The molecule has 0 radical (unpaired) electrons. The third-order valence-electron chi connectivity index (χ3n) is 4.73. The molecular formula is C19H19N5O3S. The number of carbonyl (C=O) groups excluding carboxylic acids is 2. The van der Waals surface area contributed by atoms with Gasteiger partial charge in [-0.05, 0) is 38.5 Å². The second kappa shape index (κ2) is 6.83. The monoisotopic (exact) mass is 397 g/mol. The second-order valence-corrected chi connectivity index (χ2v) is 7.81. The maximum Gasteiger partial charge on any atom is 0.339 e. The quantitative estimate of drug-likeness (QED) is 0.304. The highest BCUT2D eigenvalue weighted by Gasteiger charge is 2.27. The smallest absolute Gasteiger partial charge is 0.339 e. The zero-order valence-electron chi connectivity index (χ0n) is 15.9. The summed E-state index contributed by atoms with van der Waals surface area (Å²) in [6, 6.07) is 7.75. The predicted molar refractivity (Wildman–Crippen MR) is 106 cm³/mol. The number of H-pyrrole nitrogens is 2. The lowest BCUT2D eigenvalue weighted by Gasteiger charge is -2.09. The molecule has 4 rings (SSSR count). The topological polar surface area (TPSA) is 105 Å². The molecule has 2 N–H and O–H groups in total. The zero-order chi connectivity index (χ0) is 20.0. The predicted octanol–water partition coefficient (Wildman–Crippen LogP) is 3.31. The van der Waals surface area contributed by atoms with Crippen LogP contribution in [0.1, 0.15) is 39.0 Å². The van der Waals surface area contributed by atoms with Gasteiger partial charge in [-0.25, -0.2) is 14.9 Å². The number of para-hydroxylation sites is 2. The summed E-state index contributed by atoms with van der Waals surface area (Å²) in [5, 5.41) is 7.45. The Morgan fingerprint density at radius 2 is 2.00 bits per heavy atom. The van der Waals surface area contributed by atoms with Gasteiger partial charge in [-0.2, -0.15) is 0 Å². The second-order valence-electron chi connectivity index (χ2n) is 6.51. The van der Waals surface area contributed by atoms with Crippen LogP contribution in [-0.4, -0.2) is 48.7 Å². The Kier molecular flexibility index (Phi) is 4.46. The van der Waals surface area contributed by atoms with E-state index in [-0.39, 0.29) is 5.78 Å². The Morgan fingerprint density at radius 1 is 1.25 bits per heavy atom. The molecule has 28 heavy (non-hydrogen) atoms. The van der Waals surface area contributed by atoms with E-state index in [4.69, 9.17) is 4.74 Å². The molecule has 3 heterocycles. The number of rotatable bonds is 5. The normalized spacial score (nSPS) is 12.6. The number of aromatic amines is 2. The molecule has 0 amide bonds. The van der Waals surface area contributed by atoms with Crippen LogP contribution < -0.4 is 0 Å². The van der Waals surface area contributed by atoms with E-state index in [0.717, 1.165) is 11.0 Å². The van der Waals surface area contributed by atoms with Crippen molar-refractivity contribution < 1.29 is 14.3 Å². The van der Waals surface area contributed by atoms with Crippen molar-refractivity contribution in [3.05, 3.63) is 46.8 Å². The number of nitrogens with one attached hydrogen (secondary N) is 2. The van der Waals surface area contributed by atoms with Gasteiger partial charge in [0.25, 0.3) is 0 Å². The Labute approximate surface area is 164 Å². The molecule has 0 aliphatic heterocycles. The fraction of sp³-hybridized carbons (Fsp3) is 0.263. The molecule has 1 unspecified atom stereocenters. The molecule has 144 valence electrons. The average molecular weight is 397 g/mol. The Morgan fingerprint density at radius 3 is 2.75 bits per heavy atom. The van der Waals surface area contributed by atoms with Crippen molar-refractivity contribution >= 4 is 40.3 Å². The van der Waals surface area contributed by atoms with Crippen LogP contribution in [0.4, 0.5) is 0 Å². The van der Waals surface area contributed by atoms with Gasteiger partial charge in [0.2, 0.25) is 5.78 Å². The molecule has 3 aromatic heterocycles. The number of thioether (sulfide) groups is 1. The number of imidazole rings is 1. The number of hydrogen-bond acceptors (Lipinski definition) is 6. The van der Waals surface area contributed by atoms with Gasteiger partial charge >= 0.3 is 5.97 Å². The minimum Gasteiger partial charge on any atom is -0.465 e. The molecule has 0 aliphatic carbocycles. The van der Waals surface area contributed by atoms with Gasteiger partial charge in [-0.1, -0.05) is 23.9 Å². The summed E-state index contributed by atoms with van der Waals surface area (Å²) in [6.45, 7) is 5.32. The first-order valence-electron chi connectivity index (χ1n) is 8.72. The lowest BCUT2D eigenvalue weighted by molar-refractivity contribution is 0.0599. The molecule has 8 nitrogen and oxygen atoms in total. The molecule has 0 spiro atoms. The van der Waals surface area contributed by atoms with Gasteiger partial charge in [-0.15, -0.1) is 5.10 Å². The SMILES string of the molecule is COC(=O)c1c(C)[nH]c(C(=O)C(C)Sc2n[nH]c3nc4ccccc4n23)c1C. The summed E-state index contributed by atoms with van der Waals surface area (Å²) in [7, 11) is 1.33. The zero-order valence-corrected chi connectivity index (χ0v) is 16.7. The molecule has 9 heteroatoms. The van der Waals surface area contributed by atoms with Crippen molar-refractivity contribution in [1.82, 2.24) is 24.6 Å². The largest absolute Gasteiger partial charge is 0.465 e. The molecule has 0 saturated heterocycles. The number of carbonyl (C=O) groups is 2. The van der Waals surface area contributed by atoms with E-state index in [1.807, 2.05) is 35.6 Å². The molecule has 1 aromatic carbocycles. The van der Waals surface area contributed by atoms with Crippen LogP contribution in [0.5, 0.6) is 0 Å². The molecular weight excluding hydrogens is 378 g/mol. The summed E-state index contributed by atoms with van der Waals surface area (Å²) in [5.74, 6) is 0.0639. The van der Waals surface area contributed by atoms with Crippen LogP contribution >= 0.6 is 11.8 Å². The van der Waals surface area contributed by atoms with Crippen LogP contribution in [0, 0.1) is 13.8 Å². The number of benzene rings is 1. The number of aromatic nitrogens is 5. The molecule has 0 saturated carbocycles. The third kappa shape index (κ3) is 2.78. The van der Waals surface area contributed by atoms with Crippen LogP contribution in [-0.2, 0) is 4.74 Å². The highest BCUT2D eigenvalue weighted by molar-refractivity contribution is 8.00. The fourth-order valence-corrected chi connectivity index (χ4v) is 4.27. The Bertz CT molecular complexity index is 1220. The Hall–Kier alpha value is -3.07. The van der Waals surface area contributed by atoms with Crippen LogP contribution in [0.25, 0.3) is 16.8 Å². The summed E-state index contributed by atoms with van der Waals surface area (Å²) in [5.41, 5.74) is 3.82. The maximum absolute atomic E-state index is 13.0. The number of fused-ring (bicyclic) bond motifs is 3. The summed E-state index contributed by atoms with van der Waals surface area (Å²) in [6.07, 6.45) is 0. The van der Waals surface area contributed by atoms with Gasteiger partial charge in [0, 0.05) is 5.69 Å². The van der Waals surface area contributed by atoms with Gasteiger partial charge in [-0.3, -0.25) is 9.20 Å². The standard InChI is InChI=1S/C19H19N5O3S/c1-9-14(17(26)27-4)10(2)20-15(9)16(25)11(3)28-19-23-22-18-21-12-7-5-6-8-13(12)24(18)19/h5-8,11,20H,1-4H3,(H,21,22). The molecule has 0 bridgehead atoms. The number of nitrogens with zero attached hydrogens (tertiary/aromatic N) is 3. The highest BCUT2D eigenvalue weighted by Crippen LogP contribution is 2.29. The van der Waals surface area contributed by atoms with E-state index in [2.05, 4.69) is 20.2 Å². The van der Waals surface area contributed by atoms with Gasteiger partial charge in [0.05, 0.1) is 34.7 Å². The fourth-order valence-electron chi connectivity index (χ4n) is 3.34. The van der Waals surface area contributed by atoms with E-state index in [1.165, 1.54) is 18.9 Å². The van der Waals surface area contributed by atoms with E-state index in [1.54, 1.807) is 13.8 Å². The van der Waals surface area contributed by atoms with Crippen molar-refractivity contribution in [2.24, 2.45) is 0 Å². The van der Waals surface area contributed by atoms with Crippen molar-refractivity contribution in [3.8, 4) is 0 Å². The maximum atomic E-state index is 13.0. The summed E-state index contributed by atoms with van der Waals surface area (Å²) < 4.78 is 6.72. The van der Waals surface area contributed by atoms with Crippen LogP contribution in [0.2, 0.25) is 0 Å². The lowest BCUT2D eigenvalue weighted by Crippen LogP contribution is -2.16. The number of hydrogen-bond donors (Lipinski definition) is 2. The van der Waals surface area contributed by atoms with Gasteiger partial charge in [0.1, 0.15) is 0 Å². The molecule has 0 fully saturated rings. The number of esters is 1. The van der Waals surface area contributed by atoms with E-state index >= 15 is 0 Å². The number of methoxy groups -OCH3 is 1. The number of ketones is 1. The van der Waals surface area contributed by atoms with Crippen molar-refractivity contribution in [3.63, 3.8) is 0 Å². The van der Waals surface area contributed by atoms with Crippen LogP contribution in [0.15, 0.2) is 29.4 Å². The number of ether oxygens (including phenoxy) is 1. The summed E-state index contributed by atoms with van der Waals surface area (Å²) >= 11 is 1.33. The van der Waals surface area contributed by atoms with Crippen molar-refractivity contribution in [2.45, 2.75) is 31.2 Å². The highest BCUT2D eigenvalue weighted by atomic mass is 32.2. The molecule has 1 atom stereocenters. The third-order valence-corrected chi connectivity index (χ3v) is 5.78. The number of aryl methyl sites for hydroxylation is 1. The van der Waals surface area contributed by atoms with E-state index in [0.29, 0.717) is 33.4 Å². The molecule has 4 aromatic rings. The summed E-state index contributed by atoms with van der Waals surface area (Å²) in [4.78, 5) is 32.5. The average Bonchev–Trinajstić information content (AvgIpc) is 3.33. The van der Waals surface area contributed by atoms with Crippen molar-refractivity contribution in [1.29, 1.82) is 0 Å². The number of Topliss-reactive ketones (excluding diaryl/α,β-unsaturated/α-hetero) is 1. The minimum atomic E-state index is -0.454. The first-order chi connectivity index (χ1) is 13.4. The first-order valence-corrected chi connectivity index (χ1v) is 9.60. The minimum absolute atomic E-state index is 0.110. The lowest BCUT2D eigenvalue weighted by atomic mass is 10.1. The Balaban J connectivity index is 1.66. The molecule has 0 aliphatic rings. The van der Waals surface area contributed by atoms with Crippen LogP contribution in [0.3, 0.4) is 0 Å². The van der Waals surface area contributed by atoms with Gasteiger partial charge < -0.3 is 9.72 Å². The first kappa shape index (κ1) is 18.3. The van der Waals surface area contributed by atoms with Crippen molar-refractivity contribution in [2.75, 3.05) is 7.11 Å².